The first-order chi connectivity index (χ1) is 13.7. The van der Waals surface area contributed by atoms with Gasteiger partial charge in [0.1, 0.15) is 0 Å². The van der Waals surface area contributed by atoms with Crippen LogP contribution in [0, 0.1) is 19.8 Å². The summed E-state index contributed by atoms with van der Waals surface area (Å²) in [5, 5.41) is 4.63. The number of rotatable bonds is 7. The zero-order valence-corrected chi connectivity index (χ0v) is 19.0. The minimum atomic E-state index is -3.37. The molecular formula is C20H35N5O3S. The van der Waals surface area contributed by atoms with Crippen molar-refractivity contribution in [3.05, 3.63) is 17.0 Å². The molecule has 0 atom stereocenters. The third-order valence-corrected chi connectivity index (χ3v) is 8.00. The smallest absolute Gasteiger partial charge is 0.282 e. The van der Waals surface area contributed by atoms with Crippen molar-refractivity contribution in [3.8, 4) is 0 Å². The van der Waals surface area contributed by atoms with Crippen LogP contribution < -0.4 is 0 Å². The molecule has 0 radical (unpaired) electrons. The molecule has 9 heteroatoms. The highest BCUT2D eigenvalue weighted by molar-refractivity contribution is 7.86. The molecule has 2 aliphatic rings. The van der Waals surface area contributed by atoms with Crippen LogP contribution in [-0.4, -0.2) is 76.9 Å². The van der Waals surface area contributed by atoms with E-state index in [1.807, 2.05) is 11.6 Å². The molecule has 1 amide bonds. The summed E-state index contributed by atoms with van der Waals surface area (Å²) >= 11 is 0. The second kappa shape index (κ2) is 9.14. The summed E-state index contributed by atoms with van der Waals surface area (Å²) in [5.41, 5.74) is 3.30. The lowest BCUT2D eigenvalue weighted by molar-refractivity contribution is -0.132. The van der Waals surface area contributed by atoms with E-state index < -0.39 is 10.2 Å². The van der Waals surface area contributed by atoms with Crippen molar-refractivity contribution in [1.82, 2.24) is 23.3 Å². The third kappa shape index (κ3) is 5.00. The van der Waals surface area contributed by atoms with Crippen LogP contribution in [0.3, 0.4) is 0 Å². The maximum Gasteiger partial charge on any atom is 0.282 e. The SMILES string of the molecule is Cc1nn(CC(C)C)c(C)c1CCC(=O)N1CCN(S(=O)(=O)N2CCCC2)CC1. The van der Waals surface area contributed by atoms with Crippen molar-refractivity contribution in [2.75, 3.05) is 39.3 Å². The van der Waals surface area contributed by atoms with E-state index in [1.165, 1.54) is 4.31 Å². The number of carbonyl (C=O) groups is 1. The lowest BCUT2D eigenvalue weighted by Crippen LogP contribution is -2.53. The average molecular weight is 426 g/mol. The number of aromatic nitrogens is 2. The van der Waals surface area contributed by atoms with Gasteiger partial charge in [0.15, 0.2) is 0 Å². The summed E-state index contributed by atoms with van der Waals surface area (Å²) in [6, 6.07) is 0. The first-order valence-corrected chi connectivity index (χ1v) is 12.2. The van der Waals surface area contributed by atoms with Crippen molar-refractivity contribution in [3.63, 3.8) is 0 Å². The molecule has 1 aromatic rings. The Morgan fingerprint density at radius 3 is 2.17 bits per heavy atom. The maximum absolute atomic E-state index is 12.7. The number of amides is 1. The average Bonchev–Trinajstić information content (AvgIpc) is 3.30. The molecule has 3 rings (SSSR count). The van der Waals surface area contributed by atoms with Gasteiger partial charge in [0.2, 0.25) is 5.91 Å². The van der Waals surface area contributed by atoms with Crippen LogP contribution >= 0.6 is 0 Å². The molecule has 164 valence electrons. The zero-order chi connectivity index (χ0) is 21.2. The second-order valence-corrected chi connectivity index (χ2v) is 10.5. The Bertz CT molecular complexity index is 819. The van der Waals surface area contributed by atoms with E-state index >= 15 is 0 Å². The van der Waals surface area contributed by atoms with Crippen molar-refractivity contribution < 1.29 is 13.2 Å². The molecule has 0 N–H and O–H groups in total. The summed E-state index contributed by atoms with van der Waals surface area (Å²) in [4.78, 5) is 14.5. The molecular weight excluding hydrogens is 390 g/mol. The van der Waals surface area contributed by atoms with Gasteiger partial charge in [0.25, 0.3) is 10.2 Å². The summed E-state index contributed by atoms with van der Waals surface area (Å²) in [6.07, 6.45) is 2.99. The highest BCUT2D eigenvalue weighted by Crippen LogP contribution is 2.20. The zero-order valence-electron chi connectivity index (χ0n) is 18.2. The maximum atomic E-state index is 12.7. The lowest BCUT2D eigenvalue weighted by Gasteiger charge is -2.35. The van der Waals surface area contributed by atoms with E-state index in [4.69, 9.17) is 0 Å². The second-order valence-electron chi connectivity index (χ2n) is 8.62. The Kier molecular flexibility index (Phi) is 7.01. The van der Waals surface area contributed by atoms with Crippen LogP contribution in [0.1, 0.15) is 50.1 Å². The van der Waals surface area contributed by atoms with Crippen LogP contribution in [0.4, 0.5) is 0 Å². The number of carbonyl (C=O) groups excluding carboxylic acids is 1. The predicted octanol–water partition coefficient (Wildman–Crippen LogP) is 1.57. The van der Waals surface area contributed by atoms with Gasteiger partial charge in [-0.05, 0) is 44.6 Å². The molecule has 0 aliphatic carbocycles. The monoisotopic (exact) mass is 425 g/mol. The van der Waals surface area contributed by atoms with Crippen LogP contribution in [0.25, 0.3) is 0 Å². The predicted molar refractivity (Wildman–Crippen MR) is 113 cm³/mol. The Morgan fingerprint density at radius 2 is 1.59 bits per heavy atom. The molecule has 1 aromatic heterocycles. The molecule has 0 spiro atoms. The van der Waals surface area contributed by atoms with Crippen LogP contribution in [0.15, 0.2) is 0 Å². The molecule has 2 fully saturated rings. The number of hydrogen-bond acceptors (Lipinski definition) is 4. The molecule has 0 aromatic carbocycles. The normalized spacial score (nSPS) is 19.4. The van der Waals surface area contributed by atoms with Gasteiger partial charge in [-0.3, -0.25) is 9.48 Å². The fraction of sp³-hybridized carbons (Fsp3) is 0.800. The van der Waals surface area contributed by atoms with E-state index in [0.29, 0.717) is 58.0 Å². The van der Waals surface area contributed by atoms with Gasteiger partial charge in [-0.2, -0.15) is 22.1 Å². The van der Waals surface area contributed by atoms with Gasteiger partial charge >= 0.3 is 0 Å². The Balaban J connectivity index is 1.52. The van der Waals surface area contributed by atoms with Crippen LogP contribution in [0.2, 0.25) is 0 Å². The van der Waals surface area contributed by atoms with E-state index in [0.717, 1.165) is 36.3 Å². The number of piperazine rings is 1. The van der Waals surface area contributed by atoms with Crippen molar-refractivity contribution in [2.24, 2.45) is 5.92 Å². The number of hydrogen-bond donors (Lipinski definition) is 0. The Hall–Kier alpha value is -1.45. The molecule has 3 heterocycles. The van der Waals surface area contributed by atoms with E-state index in [-0.39, 0.29) is 5.91 Å². The molecule has 29 heavy (non-hydrogen) atoms. The van der Waals surface area contributed by atoms with Gasteiger partial charge in [-0.25, -0.2) is 0 Å². The molecule has 2 saturated heterocycles. The van der Waals surface area contributed by atoms with Crippen molar-refractivity contribution in [1.29, 1.82) is 0 Å². The first kappa shape index (κ1) is 22.2. The minimum Gasteiger partial charge on any atom is -0.340 e. The summed E-state index contributed by atoms with van der Waals surface area (Å²) in [6.45, 7) is 12.2. The van der Waals surface area contributed by atoms with Gasteiger partial charge in [-0.15, -0.1) is 0 Å². The largest absolute Gasteiger partial charge is 0.340 e. The number of aryl methyl sites for hydroxylation is 1. The third-order valence-electron chi connectivity index (χ3n) is 5.97. The van der Waals surface area contributed by atoms with Gasteiger partial charge < -0.3 is 4.90 Å². The topological polar surface area (TPSA) is 78.8 Å². The summed E-state index contributed by atoms with van der Waals surface area (Å²) < 4.78 is 30.5. The van der Waals surface area contributed by atoms with E-state index in [9.17, 15) is 13.2 Å². The lowest BCUT2D eigenvalue weighted by atomic mass is 10.1. The summed E-state index contributed by atoms with van der Waals surface area (Å²) in [5.74, 6) is 0.620. The van der Waals surface area contributed by atoms with Crippen molar-refractivity contribution >= 4 is 16.1 Å². The quantitative estimate of drug-likeness (QED) is 0.664. The van der Waals surface area contributed by atoms with E-state index in [2.05, 4.69) is 25.9 Å². The standard InChI is InChI=1S/C20H35N5O3S/c1-16(2)15-25-18(4)19(17(3)21-25)7-8-20(26)22-11-13-24(14-12-22)29(27,28)23-9-5-6-10-23/h16H,5-15H2,1-4H3. The van der Waals surface area contributed by atoms with Gasteiger partial charge in [0.05, 0.1) is 5.69 Å². The van der Waals surface area contributed by atoms with Gasteiger partial charge in [0, 0.05) is 57.9 Å². The first-order valence-electron chi connectivity index (χ1n) is 10.8. The van der Waals surface area contributed by atoms with Crippen molar-refractivity contribution in [2.45, 2.75) is 59.9 Å². The van der Waals surface area contributed by atoms with Crippen LogP contribution in [-0.2, 0) is 28.0 Å². The van der Waals surface area contributed by atoms with Crippen LogP contribution in [0.5, 0.6) is 0 Å². The fourth-order valence-corrected chi connectivity index (χ4v) is 5.93. The molecule has 0 bridgehead atoms. The fourth-order valence-electron chi connectivity index (χ4n) is 4.26. The Labute approximate surface area is 175 Å². The molecule has 2 aliphatic heterocycles. The molecule has 0 unspecified atom stereocenters. The molecule has 0 saturated carbocycles. The minimum absolute atomic E-state index is 0.0960. The number of nitrogens with zero attached hydrogens (tertiary/aromatic N) is 5. The highest BCUT2D eigenvalue weighted by Gasteiger charge is 2.34. The summed E-state index contributed by atoms with van der Waals surface area (Å²) in [7, 11) is -3.37. The highest BCUT2D eigenvalue weighted by atomic mass is 32.2. The Morgan fingerprint density at radius 1 is 1.00 bits per heavy atom. The van der Waals surface area contributed by atoms with E-state index in [1.54, 1.807) is 9.21 Å². The molecule has 8 nitrogen and oxygen atoms in total. The van der Waals surface area contributed by atoms with Gasteiger partial charge in [-0.1, -0.05) is 13.8 Å².